The van der Waals surface area contributed by atoms with Crippen molar-refractivity contribution in [1.82, 2.24) is 15.6 Å². The largest absolute Gasteiger partial charge is 0.376 e. The van der Waals surface area contributed by atoms with Crippen molar-refractivity contribution in [2.75, 3.05) is 26.2 Å². The molecule has 0 bridgehead atoms. The van der Waals surface area contributed by atoms with Gasteiger partial charge in [-0.15, -0.1) is 0 Å². The molecule has 3 N–H and O–H groups in total. The van der Waals surface area contributed by atoms with Crippen molar-refractivity contribution in [2.24, 2.45) is 4.99 Å². The van der Waals surface area contributed by atoms with Crippen LogP contribution in [-0.4, -0.2) is 43.3 Å². The second kappa shape index (κ2) is 8.20. The number of benzene rings is 1. The Hall–Kier alpha value is -2.01. The second-order valence-corrected chi connectivity index (χ2v) is 6.34. The van der Waals surface area contributed by atoms with Gasteiger partial charge in [-0.3, -0.25) is 4.99 Å². The van der Waals surface area contributed by atoms with Crippen molar-refractivity contribution in [3.8, 4) is 0 Å². The Morgan fingerprint density at radius 1 is 1.38 bits per heavy atom. The fourth-order valence-corrected chi connectivity index (χ4v) is 3.21. The van der Waals surface area contributed by atoms with E-state index >= 15 is 0 Å². The molecule has 0 spiro atoms. The molecule has 24 heavy (non-hydrogen) atoms. The predicted molar refractivity (Wildman–Crippen MR) is 99.7 cm³/mol. The molecule has 1 unspecified atom stereocenters. The number of aromatic nitrogens is 1. The number of aryl methyl sites for hydroxylation is 1. The van der Waals surface area contributed by atoms with Crippen LogP contribution in [0.25, 0.3) is 10.9 Å². The van der Waals surface area contributed by atoms with Crippen molar-refractivity contribution in [3.05, 3.63) is 35.5 Å². The highest BCUT2D eigenvalue weighted by Crippen LogP contribution is 2.21. The van der Waals surface area contributed by atoms with Crippen LogP contribution in [0.1, 0.15) is 30.9 Å². The molecule has 0 amide bonds. The Balaban J connectivity index is 1.56. The first-order chi connectivity index (χ1) is 11.8. The average Bonchev–Trinajstić information content (AvgIpc) is 3.23. The van der Waals surface area contributed by atoms with Crippen molar-refractivity contribution < 1.29 is 4.74 Å². The first-order valence-electron chi connectivity index (χ1n) is 8.97. The first-order valence-corrected chi connectivity index (χ1v) is 8.97. The number of aliphatic imine (C=N–C) groups is 1. The maximum absolute atomic E-state index is 5.64. The molecular weight excluding hydrogens is 300 g/mol. The van der Waals surface area contributed by atoms with Gasteiger partial charge in [0, 0.05) is 36.8 Å². The monoisotopic (exact) mass is 328 g/mol. The van der Waals surface area contributed by atoms with Crippen LogP contribution in [0.3, 0.4) is 0 Å². The lowest BCUT2D eigenvalue weighted by atomic mass is 10.1. The zero-order valence-corrected chi connectivity index (χ0v) is 14.7. The molecule has 1 aromatic heterocycles. The number of hydrogen-bond acceptors (Lipinski definition) is 2. The number of ether oxygens (including phenoxy) is 1. The maximum atomic E-state index is 5.64. The summed E-state index contributed by atoms with van der Waals surface area (Å²) in [5.41, 5.74) is 3.88. The molecule has 0 saturated carbocycles. The normalized spacial score (nSPS) is 18.2. The van der Waals surface area contributed by atoms with Crippen LogP contribution in [0.5, 0.6) is 0 Å². The van der Waals surface area contributed by atoms with E-state index in [4.69, 9.17) is 4.74 Å². The van der Waals surface area contributed by atoms with E-state index in [9.17, 15) is 0 Å². The van der Waals surface area contributed by atoms with Crippen molar-refractivity contribution >= 4 is 16.9 Å². The van der Waals surface area contributed by atoms with E-state index in [0.29, 0.717) is 0 Å². The van der Waals surface area contributed by atoms with Crippen molar-refractivity contribution in [3.63, 3.8) is 0 Å². The molecule has 130 valence electrons. The minimum atomic E-state index is 0.289. The molecule has 0 aliphatic carbocycles. The van der Waals surface area contributed by atoms with E-state index in [1.54, 1.807) is 0 Å². The maximum Gasteiger partial charge on any atom is 0.191 e. The molecule has 1 saturated heterocycles. The average molecular weight is 328 g/mol. The summed E-state index contributed by atoms with van der Waals surface area (Å²) in [6, 6.07) is 6.45. The topological polar surface area (TPSA) is 61.4 Å². The zero-order valence-electron chi connectivity index (χ0n) is 14.7. The molecule has 2 heterocycles. The van der Waals surface area contributed by atoms with E-state index in [0.717, 1.165) is 51.5 Å². The standard InChI is InChI=1S/C19H28N4O/c1-3-20-19(23-13-16-7-5-11-24-16)21-10-9-15-12-22-18-14(2)6-4-8-17(15)18/h4,6,8,12,16,22H,3,5,7,9-11,13H2,1-2H3,(H2,20,21,23). The molecule has 2 aromatic rings. The molecule has 1 aliphatic heterocycles. The van der Waals surface area contributed by atoms with Gasteiger partial charge in [-0.1, -0.05) is 18.2 Å². The third-order valence-corrected chi connectivity index (χ3v) is 4.52. The number of para-hydroxylation sites is 1. The summed E-state index contributed by atoms with van der Waals surface area (Å²) in [7, 11) is 0. The predicted octanol–water partition coefficient (Wildman–Crippen LogP) is 2.75. The summed E-state index contributed by atoms with van der Waals surface area (Å²) < 4.78 is 5.64. The molecule has 1 atom stereocenters. The van der Waals surface area contributed by atoms with Crippen molar-refractivity contribution in [1.29, 1.82) is 0 Å². The summed E-state index contributed by atoms with van der Waals surface area (Å²) >= 11 is 0. The fourth-order valence-electron chi connectivity index (χ4n) is 3.21. The Morgan fingerprint density at radius 3 is 3.08 bits per heavy atom. The van der Waals surface area contributed by atoms with E-state index in [1.807, 2.05) is 0 Å². The Morgan fingerprint density at radius 2 is 2.29 bits per heavy atom. The van der Waals surface area contributed by atoms with Gasteiger partial charge in [0.2, 0.25) is 0 Å². The number of nitrogens with zero attached hydrogens (tertiary/aromatic N) is 1. The number of H-pyrrole nitrogens is 1. The van der Waals surface area contributed by atoms with Crippen LogP contribution in [0.15, 0.2) is 29.4 Å². The van der Waals surface area contributed by atoms with Gasteiger partial charge >= 0.3 is 0 Å². The summed E-state index contributed by atoms with van der Waals surface area (Å²) in [6.07, 6.45) is 5.66. The van der Waals surface area contributed by atoms with Gasteiger partial charge < -0.3 is 20.4 Å². The van der Waals surface area contributed by atoms with Gasteiger partial charge in [-0.25, -0.2) is 0 Å². The third-order valence-electron chi connectivity index (χ3n) is 4.52. The van der Waals surface area contributed by atoms with Crippen molar-refractivity contribution in [2.45, 2.75) is 39.2 Å². The highest BCUT2D eigenvalue weighted by atomic mass is 16.5. The van der Waals surface area contributed by atoms with E-state index in [-0.39, 0.29) is 6.10 Å². The number of aromatic amines is 1. The van der Waals surface area contributed by atoms with E-state index < -0.39 is 0 Å². The highest BCUT2D eigenvalue weighted by Gasteiger charge is 2.14. The number of guanidine groups is 1. The van der Waals surface area contributed by atoms with E-state index in [2.05, 4.69) is 58.9 Å². The van der Waals surface area contributed by atoms with Crippen LogP contribution >= 0.6 is 0 Å². The van der Waals surface area contributed by atoms with Gasteiger partial charge in [-0.2, -0.15) is 0 Å². The van der Waals surface area contributed by atoms with Crippen LogP contribution in [0.4, 0.5) is 0 Å². The smallest absolute Gasteiger partial charge is 0.191 e. The second-order valence-electron chi connectivity index (χ2n) is 6.34. The minimum absolute atomic E-state index is 0.289. The van der Waals surface area contributed by atoms with Gasteiger partial charge in [0.05, 0.1) is 12.6 Å². The lowest BCUT2D eigenvalue weighted by Crippen LogP contribution is -2.38. The van der Waals surface area contributed by atoms with Gasteiger partial charge in [0.1, 0.15) is 0 Å². The van der Waals surface area contributed by atoms with Crippen LogP contribution in [0, 0.1) is 6.92 Å². The molecular formula is C19H28N4O. The third kappa shape index (κ3) is 4.09. The summed E-state index contributed by atoms with van der Waals surface area (Å²) in [5.74, 6) is 0.879. The number of nitrogens with one attached hydrogen (secondary N) is 3. The van der Waals surface area contributed by atoms with Gasteiger partial charge in [0.25, 0.3) is 0 Å². The summed E-state index contributed by atoms with van der Waals surface area (Å²) in [4.78, 5) is 8.04. The number of fused-ring (bicyclic) bond motifs is 1. The van der Waals surface area contributed by atoms with Gasteiger partial charge in [0.15, 0.2) is 5.96 Å². The highest BCUT2D eigenvalue weighted by molar-refractivity contribution is 5.86. The van der Waals surface area contributed by atoms with Crippen LogP contribution in [0.2, 0.25) is 0 Å². The summed E-state index contributed by atoms with van der Waals surface area (Å²) in [6.45, 7) is 7.57. The minimum Gasteiger partial charge on any atom is -0.376 e. The fraction of sp³-hybridized carbons (Fsp3) is 0.526. The Labute approximate surface area is 143 Å². The molecule has 3 rings (SSSR count). The molecule has 1 fully saturated rings. The molecule has 1 aliphatic rings. The quantitative estimate of drug-likeness (QED) is 0.564. The summed E-state index contributed by atoms with van der Waals surface area (Å²) in [5, 5.41) is 8.06. The lowest BCUT2D eigenvalue weighted by Gasteiger charge is -2.12. The first kappa shape index (κ1) is 16.8. The molecule has 0 radical (unpaired) electrons. The Kier molecular flexibility index (Phi) is 5.75. The number of rotatable bonds is 6. The zero-order chi connectivity index (χ0) is 16.8. The van der Waals surface area contributed by atoms with Crippen LogP contribution in [-0.2, 0) is 11.2 Å². The Bertz CT molecular complexity index is 686. The lowest BCUT2D eigenvalue weighted by molar-refractivity contribution is 0.117. The number of hydrogen-bond donors (Lipinski definition) is 3. The SMILES string of the molecule is CCNC(=NCC1CCCO1)NCCc1c[nH]c2c(C)cccc12. The molecule has 5 nitrogen and oxygen atoms in total. The van der Waals surface area contributed by atoms with E-state index in [1.165, 1.54) is 22.0 Å². The van der Waals surface area contributed by atoms with Gasteiger partial charge in [-0.05, 0) is 44.2 Å². The molecule has 5 heteroatoms. The molecule has 1 aromatic carbocycles. The van der Waals surface area contributed by atoms with Crippen LogP contribution < -0.4 is 10.6 Å².